The number of hydrogen-bond donors (Lipinski definition) is 3. The van der Waals surface area contributed by atoms with Gasteiger partial charge in [-0.05, 0) is 30.7 Å². The van der Waals surface area contributed by atoms with E-state index in [9.17, 15) is 14.7 Å². The summed E-state index contributed by atoms with van der Waals surface area (Å²) >= 11 is 5.96. The average Bonchev–Trinajstić information content (AvgIpc) is 2.97. The van der Waals surface area contributed by atoms with E-state index in [1.165, 1.54) is 0 Å². The summed E-state index contributed by atoms with van der Waals surface area (Å²) in [6.45, 7) is 1.77. The van der Waals surface area contributed by atoms with Gasteiger partial charge in [0.2, 0.25) is 0 Å². The third kappa shape index (κ3) is 4.84. The van der Waals surface area contributed by atoms with Crippen LogP contribution < -0.4 is 10.6 Å². The van der Waals surface area contributed by atoms with Gasteiger partial charge in [0.15, 0.2) is 0 Å². The van der Waals surface area contributed by atoms with Gasteiger partial charge in [-0.15, -0.1) is 0 Å². The van der Waals surface area contributed by atoms with E-state index in [4.69, 9.17) is 16.0 Å². The Morgan fingerprint density at radius 1 is 1.17 bits per heavy atom. The molecular weight excluding hydrogens is 320 g/mol. The molecule has 1 heterocycles. The van der Waals surface area contributed by atoms with Crippen molar-refractivity contribution in [2.45, 2.75) is 19.6 Å². The van der Waals surface area contributed by atoms with Crippen LogP contribution in [0.5, 0.6) is 0 Å². The van der Waals surface area contributed by atoms with Crippen molar-refractivity contribution in [3.05, 3.63) is 58.5 Å². The highest BCUT2D eigenvalue weighted by Crippen LogP contribution is 2.15. The number of aryl methyl sites for hydroxylation is 1. The maximum atomic E-state index is 11.7. The van der Waals surface area contributed by atoms with Crippen molar-refractivity contribution in [3.63, 3.8) is 0 Å². The van der Waals surface area contributed by atoms with Crippen LogP contribution in [0.15, 0.2) is 40.8 Å². The van der Waals surface area contributed by atoms with Gasteiger partial charge in [0, 0.05) is 11.6 Å². The number of aliphatic hydroxyl groups is 1. The summed E-state index contributed by atoms with van der Waals surface area (Å²) in [4.78, 5) is 23.4. The second kappa shape index (κ2) is 7.80. The highest BCUT2D eigenvalue weighted by Gasteiger charge is 2.17. The van der Waals surface area contributed by atoms with Crippen molar-refractivity contribution in [1.29, 1.82) is 0 Å². The molecule has 3 N–H and O–H groups in total. The fraction of sp³-hybridized carbons (Fsp3) is 0.250. The monoisotopic (exact) mass is 336 g/mol. The van der Waals surface area contributed by atoms with Crippen molar-refractivity contribution in [2.24, 2.45) is 0 Å². The summed E-state index contributed by atoms with van der Waals surface area (Å²) < 4.78 is 5.24. The van der Waals surface area contributed by atoms with E-state index in [0.717, 1.165) is 0 Å². The number of nitrogens with one attached hydrogen (secondary N) is 2. The number of amides is 2. The molecule has 1 aromatic heterocycles. The first-order chi connectivity index (χ1) is 11.0. The zero-order valence-corrected chi connectivity index (χ0v) is 13.3. The normalized spacial score (nSPS) is 11.8. The van der Waals surface area contributed by atoms with Crippen molar-refractivity contribution < 1.29 is 19.1 Å². The molecular formula is C16H17ClN2O4. The van der Waals surface area contributed by atoms with Crippen molar-refractivity contribution >= 4 is 23.4 Å². The second-order valence-corrected chi connectivity index (χ2v) is 5.36. The minimum absolute atomic E-state index is 0.120. The predicted octanol–water partition coefficient (Wildman–Crippen LogP) is 1.71. The minimum atomic E-state index is -1.01. The van der Waals surface area contributed by atoms with Gasteiger partial charge in [-0.2, -0.15) is 0 Å². The predicted molar refractivity (Wildman–Crippen MR) is 84.7 cm³/mol. The maximum absolute atomic E-state index is 11.7. The lowest BCUT2D eigenvalue weighted by Gasteiger charge is -2.10. The summed E-state index contributed by atoms with van der Waals surface area (Å²) in [7, 11) is 0. The van der Waals surface area contributed by atoms with E-state index in [2.05, 4.69) is 10.6 Å². The fourth-order valence-corrected chi connectivity index (χ4v) is 2.10. The van der Waals surface area contributed by atoms with Crippen LogP contribution in [0.4, 0.5) is 0 Å². The molecule has 23 heavy (non-hydrogen) atoms. The van der Waals surface area contributed by atoms with E-state index in [1.807, 2.05) is 0 Å². The lowest BCUT2D eigenvalue weighted by Crippen LogP contribution is -2.41. The van der Waals surface area contributed by atoms with Gasteiger partial charge in [0.1, 0.15) is 17.6 Å². The van der Waals surface area contributed by atoms with Crippen LogP contribution in [-0.2, 0) is 16.1 Å². The van der Waals surface area contributed by atoms with Gasteiger partial charge in [0.05, 0.1) is 6.54 Å². The third-order valence-electron chi connectivity index (χ3n) is 3.15. The molecule has 6 nitrogen and oxygen atoms in total. The van der Waals surface area contributed by atoms with Gasteiger partial charge >= 0.3 is 11.8 Å². The third-order valence-corrected chi connectivity index (χ3v) is 3.52. The minimum Gasteiger partial charge on any atom is -0.464 e. The molecule has 2 aromatic rings. The molecule has 0 fully saturated rings. The number of carbonyl (C=O) groups is 2. The molecule has 0 saturated carbocycles. The van der Waals surface area contributed by atoms with Crippen LogP contribution in [-0.4, -0.2) is 23.5 Å². The average molecular weight is 337 g/mol. The topological polar surface area (TPSA) is 91.6 Å². The number of halogens is 1. The number of hydrogen-bond acceptors (Lipinski definition) is 4. The first-order valence-electron chi connectivity index (χ1n) is 7.01. The summed E-state index contributed by atoms with van der Waals surface area (Å²) in [5.74, 6) is -0.644. The highest BCUT2D eigenvalue weighted by molar-refractivity contribution is 6.35. The Morgan fingerprint density at radius 3 is 2.52 bits per heavy atom. The Hall–Kier alpha value is -2.31. The van der Waals surface area contributed by atoms with E-state index in [1.54, 1.807) is 43.3 Å². The molecule has 0 aliphatic carbocycles. The van der Waals surface area contributed by atoms with Crippen molar-refractivity contribution in [3.8, 4) is 0 Å². The Bertz CT molecular complexity index is 699. The number of carbonyl (C=O) groups excluding carboxylic acids is 2. The summed E-state index contributed by atoms with van der Waals surface area (Å²) in [5.41, 5.74) is 0.710. The molecule has 2 amide bonds. The number of furan rings is 1. The first kappa shape index (κ1) is 17.1. The van der Waals surface area contributed by atoms with Crippen LogP contribution in [0.3, 0.4) is 0 Å². The van der Waals surface area contributed by atoms with E-state index < -0.39 is 17.9 Å². The number of benzene rings is 1. The van der Waals surface area contributed by atoms with Crippen LogP contribution in [0.2, 0.25) is 5.02 Å². The van der Waals surface area contributed by atoms with Crippen molar-refractivity contribution in [1.82, 2.24) is 10.6 Å². The van der Waals surface area contributed by atoms with Gasteiger partial charge in [-0.3, -0.25) is 9.59 Å². The molecule has 122 valence electrons. The Balaban J connectivity index is 1.79. The molecule has 1 aromatic carbocycles. The smallest absolute Gasteiger partial charge is 0.309 e. The zero-order valence-electron chi connectivity index (χ0n) is 12.5. The molecule has 0 aliphatic rings. The Morgan fingerprint density at radius 2 is 1.87 bits per heavy atom. The lowest BCUT2D eigenvalue weighted by molar-refractivity contribution is -0.139. The molecule has 0 radical (unpaired) electrons. The number of aliphatic hydroxyl groups excluding tert-OH is 1. The fourth-order valence-electron chi connectivity index (χ4n) is 1.90. The summed E-state index contributed by atoms with van der Waals surface area (Å²) in [5, 5.41) is 15.2. The van der Waals surface area contributed by atoms with Gasteiger partial charge in [-0.25, -0.2) is 0 Å². The first-order valence-corrected chi connectivity index (χ1v) is 7.39. The molecule has 0 aliphatic heterocycles. The Labute approximate surface area is 138 Å². The second-order valence-electron chi connectivity index (χ2n) is 4.95. The largest absolute Gasteiger partial charge is 0.464 e. The number of rotatable bonds is 5. The van der Waals surface area contributed by atoms with Gasteiger partial charge in [0.25, 0.3) is 0 Å². The highest BCUT2D eigenvalue weighted by atomic mass is 35.5. The lowest BCUT2D eigenvalue weighted by atomic mass is 10.2. The van der Waals surface area contributed by atoms with Crippen LogP contribution in [0, 0.1) is 6.92 Å². The van der Waals surface area contributed by atoms with Crippen LogP contribution in [0.1, 0.15) is 23.2 Å². The zero-order chi connectivity index (χ0) is 16.8. The van der Waals surface area contributed by atoms with E-state index in [0.29, 0.717) is 22.1 Å². The molecule has 1 atom stereocenters. The molecule has 2 rings (SSSR count). The molecule has 7 heteroatoms. The van der Waals surface area contributed by atoms with Crippen LogP contribution >= 0.6 is 11.6 Å². The summed E-state index contributed by atoms with van der Waals surface area (Å²) in [6.07, 6.45) is -1.01. The summed E-state index contributed by atoms with van der Waals surface area (Å²) in [6, 6.07) is 10.3. The van der Waals surface area contributed by atoms with Gasteiger partial charge in [-0.1, -0.05) is 29.8 Å². The van der Waals surface area contributed by atoms with Crippen molar-refractivity contribution in [2.75, 3.05) is 6.54 Å². The maximum Gasteiger partial charge on any atom is 0.309 e. The van der Waals surface area contributed by atoms with E-state index in [-0.39, 0.29) is 13.1 Å². The quantitative estimate of drug-likeness (QED) is 0.725. The van der Waals surface area contributed by atoms with Gasteiger partial charge < -0.3 is 20.2 Å². The molecule has 1 unspecified atom stereocenters. The standard InChI is InChI=1S/C16H17ClN2O4/c1-10-6-7-14(23-10)13(20)9-19-16(22)15(21)18-8-11-4-2-3-5-12(11)17/h2-7,13,20H,8-9H2,1H3,(H,18,21)(H,19,22). The molecule has 0 bridgehead atoms. The SMILES string of the molecule is Cc1ccc(C(O)CNC(=O)C(=O)NCc2ccccc2Cl)o1. The molecule has 0 spiro atoms. The molecule has 0 saturated heterocycles. The van der Waals surface area contributed by atoms with Crippen LogP contribution in [0.25, 0.3) is 0 Å². The van der Waals surface area contributed by atoms with E-state index >= 15 is 0 Å². The Kier molecular flexibility index (Phi) is 5.78.